The van der Waals surface area contributed by atoms with Gasteiger partial charge in [-0.2, -0.15) is 0 Å². The number of hydrogen-bond donors (Lipinski definition) is 0. The molecule has 0 aliphatic rings. The number of nitro benzene ring substituents is 1. The van der Waals surface area contributed by atoms with Gasteiger partial charge >= 0.3 is 11.9 Å². The van der Waals surface area contributed by atoms with Gasteiger partial charge in [-0.25, -0.2) is 4.79 Å². The number of hydrogen-bond acceptors (Lipinski definition) is 5. The summed E-state index contributed by atoms with van der Waals surface area (Å²) in [5.74, 6) is -1.33. The molecule has 0 aliphatic heterocycles. The fourth-order valence-corrected chi connectivity index (χ4v) is 3.27. The zero-order chi connectivity index (χ0) is 22.7. The first-order valence-corrected chi connectivity index (χ1v) is 11.7. The van der Waals surface area contributed by atoms with Crippen LogP contribution < -0.4 is 0 Å². The minimum atomic E-state index is -0.771. The van der Waals surface area contributed by atoms with E-state index in [1.165, 1.54) is 69.2 Å². The number of unbranched alkanes of at least 4 members (excludes halogenated alkanes) is 11. The van der Waals surface area contributed by atoms with Gasteiger partial charge in [0.15, 0.2) is 0 Å². The standard InChI is InChI=1S/C25H37NO5/c1-2-3-4-5-6-7-8-9-10-11-12-13-14-15-16-17-24(27)31-25(28)22-18-20-23(21-19-22)26(29)30/h9-10,18-21H,2-8,11-17H2,1H3/b10-9-. The molecule has 1 aromatic carbocycles. The lowest BCUT2D eigenvalue weighted by Gasteiger charge is -2.03. The second-order valence-electron chi connectivity index (χ2n) is 7.90. The normalized spacial score (nSPS) is 11.0. The Labute approximate surface area is 186 Å². The molecule has 1 aromatic rings. The van der Waals surface area contributed by atoms with Gasteiger partial charge in [0, 0.05) is 18.6 Å². The average molecular weight is 432 g/mol. The summed E-state index contributed by atoms with van der Waals surface area (Å²) < 4.78 is 4.80. The number of nitro groups is 1. The molecule has 0 fully saturated rings. The van der Waals surface area contributed by atoms with E-state index >= 15 is 0 Å². The van der Waals surface area contributed by atoms with Crippen LogP contribution in [0.1, 0.15) is 107 Å². The number of nitrogens with zero attached hydrogens (tertiary/aromatic N) is 1. The van der Waals surface area contributed by atoms with Gasteiger partial charge in [0.05, 0.1) is 10.5 Å². The molecule has 0 N–H and O–H groups in total. The molecular formula is C25H37NO5. The molecule has 0 amide bonds. The fraction of sp³-hybridized carbons (Fsp3) is 0.600. The molecule has 6 heteroatoms. The summed E-state index contributed by atoms with van der Waals surface area (Å²) in [6, 6.07) is 5.00. The van der Waals surface area contributed by atoms with E-state index < -0.39 is 16.9 Å². The summed E-state index contributed by atoms with van der Waals surface area (Å²) >= 11 is 0. The number of benzene rings is 1. The van der Waals surface area contributed by atoms with Crippen molar-refractivity contribution < 1.29 is 19.2 Å². The van der Waals surface area contributed by atoms with Crippen molar-refractivity contribution in [3.05, 3.63) is 52.1 Å². The summed E-state index contributed by atoms with van der Waals surface area (Å²) in [5.41, 5.74) is 0.0136. The van der Waals surface area contributed by atoms with Gasteiger partial charge in [-0.05, 0) is 44.2 Å². The fourth-order valence-electron chi connectivity index (χ4n) is 3.27. The minimum Gasteiger partial charge on any atom is -0.389 e. The molecule has 0 bridgehead atoms. The highest BCUT2D eigenvalue weighted by molar-refractivity contribution is 5.96. The predicted octanol–water partition coefficient (Wildman–Crippen LogP) is 7.32. The Kier molecular flexibility index (Phi) is 14.7. The highest BCUT2D eigenvalue weighted by Gasteiger charge is 2.14. The average Bonchev–Trinajstić information content (AvgIpc) is 2.76. The van der Waals surface area contributed by atoms with Crippen LogP contribution in [0, 0.1) is 10.1 Å². The topological polar surface area (TPSA) is 86.5 Å². The van der Waals surface area contributed by atoms with Crippen LogP contribution >= 0.6 is 0 Å². The van der Waals surface area contributed by atoms with Crippen molar-refractivity contribution in [1.82, 2.24) is 0 Å². The van der Waals surface area contributed by atoms with Crippen LogP contribution in [-0.4, -0.2) is 16.9 Å². The van der Waals surface area contributed by atoms with Crippen molar-refractivity contribution in [2.45, 2.75) is 96.8 Å². The van der Waals surface area contributed by atoms with Crippen LogP contribution in [0.5, 0.6) is 0 Å². The first-order valence-electron chi connectivity index (χ1n) is 11.7. The van der Waals surface area contributed by atoms with Crippen molar-refractivity contribution in [1.29, 1.82) is 0 Å². The van der Waals surface area contributed by atoms with E-state index in [1.807, 2.05) is 0 Å². The van der Waals surface area contributed by atoms with Crippen molar-refractivity contribution >= 4 is 17.6 Å². The van der Waals surface area contributed by atoms with Gasteiger partial charge in [0.1, 0.15) is 0 Å². The molecule has 6 nitrogen and oxygen atoms in total. The van der Waals surface area contributed by atoms with Crippen molar-refractivity contribution in [2.75, 3.05) is 0 Å². The van der Waals surface area contributed by atoms with Gasteiger partial charge in [-0.1, -0.05) is 70.4 Å². The summed E-state index contributed by atoms with van der Waals surface area (Å²) in [4.78, 5) is 33.7. The number of ether oxygens (including phenoxy) is 1. The molecule has 0 radical (unpaired) electrons. The number of non-ortho nitro benzene ring substituents is 1. The summed E-state index contributed by atoms with van der Waals surface area (Å²) in [7, 11) is 0. The largest absolute Gasteiger partial charge is 0.389 e. The van der Waals surface area contributed by atoms with E-state index in [9.17, 15) is 19.7 Å². The van der Waals surface area contributed by atoms with Gasteiger partial charge in [-0.3, -0.25) is 14.9 Å². The SMILES string of the molecule is CCCCCCCC/C=C\CCCCCCCC(=O)OC(=O)c1ccc([N+](=O)[O-])cc1. The molecule has 1 rings (SSSR count). The van der Waals surface area contributed by atoms with Crippen molar-refractivity contribution in [2.24, 2.45) is 0 Å². The van der Waals surface area contributed by atoms with Gasteiger partial charge in [0.2, 0.25) is 0 Å². The molecule has 0 saturated carbocycles. The third-order valence-corrected chi connectivity index (χ3v) is 5.16. The predicted molar refractivity (Wildman–Crippen MR) is 123 cm³/mol. The number of esters is 2. The Balaban J connectivity index is 1.99. The lowest BCUT2D eigenvalue weighted by atomic mass is 10.1. The number of carbonyl (C=O) groups excluding carboxylic acids is 2. The molecule has 0 unspecified atom stereocenters. The second-order valence-corrected chi connectivity index (χ2v) is 7.90. The second kappa shape index (κ2) is 17.2. The Morgan fingerprint density at radius 2 is 1.35 bits per heavy atom. The molecule has 0 atom stereocenters. The Morgan fingerprint density at radius 1 is 0.839 bits per heavy atom. The van der Waals surface area contributed by atoms with E-state index in [0.29, 0.717) is 6.42 Å². The van der Waals surface area contributed by atoms with Crippen LogP contribution in [-0.2, 0) is 9.53 Å². The number of rotatable bonds is 17. The highest BCUT2D eigenvalue weighted by atomic mass is 16.6. The lowest BCUT2D eigenvalue weighted by molar-refractivity contribution is -0.384. The summed E-state index contributed by atoms with van der Waals surface area (Å²) in [6.07, 6.45) is 20.1. The molecular weight excluding hydrogens is 394 g/mol. The molecule has 0 spiro atoms. The molecule has 31 heavy (non-hydrogen) atoms. The van der Waals surface area contributed by atoms with Crippen molar-refractivity contribution in [3.63, 3.8) is 0 Å². The third-order valence-electron chi connectivity index (χ3n) is 5.16. The van der Waals surface area contributed by atoms with Crippen LogP contribution in [0.4, 0.5) is 5.69 Å². The Hall–Kier alpha value is -2.50. The van der Waals surface area contributed by atoms with Gasteiger partial charge in [-0.15, -0.1) is 0 Å². The van der Waals surface area contributed by atoms with E-state index in [0.717, 1.165) is 32.1 Å². The first kappa shape index (κ1) is 26.5. The van der Waals surface area contributed by atoms with E-state index in [4.69, 9.17) is 4.74 Å². The Bertz CT molecular complexity index is 682. The van der Waals surface area contributed by atoms with E-state index in [2.05, 4.69) is 19.1 Å². The zero-order valence-electron chi connectivity index (χ0n) is 18.9. The lowest BCUT2D eigenvalue weighted by Crippen LogP contribution is -2.12. The highest BCUT2D eigenvalue weighted by Crippen LogP contribution is 2.14. The summed E-state index contributed by atoms with van der Waals surface area (Å²) in [5, 5.41) is 10.6. The first-order chi connectivity index (χ1) is 15.0. The van der Waals surface area contributed by atoms with E-state index in [-0.39, 0.29) is 17.7 Å². The van der Waals surface area contributed by atoms with Gasteiger partial charge < -0.3 is 4.74 Å². The van der Waals surface area contributed by atoms with Gasteiger partial charge in [0.25, 0.3) is 5.69 Å². The smallest absolute Gasteiger partial charge is 0.345 e. The summed E-state index contributed by atoms with van der Waals surface area (Å²) in [6.45, 7) is 2.24. The monoisotopic (exact) mass is 431 g/mol. The number of carbonyl (C=O) groups is 2. The molecule has 0 aliphatic carbocycles. The molecule has 0 saturated heterocycles. The quantitative estimate of drug-likeness (QED) is 0.0644. The van der Waals surface area contributed by atoms with Crippen LogP contribution in [0.15, 0.2) is 36.4 Å². The van der Waals surface area contributed by atoms with Crippen LogP contribution in [0.2, 0.25) is 0 Å². The van der Waals surface area contributed by atoms with E-state index in [1.54, 1.807) is 0 Å². The van der Waals surface area contributed by atoms with Crippen LogP contribution in [0.3, 0.4) is 0 Å². The maximum absolute atomic E-state index is 11.9. The third kappa shape index (κ3) is 13.4. The minimum absolute atomic E-state index is 0.115. The molecule has 0 aromatic heterocycles. The molecule has 0 heterocycles. The maximum atomic E-state index is 11.9. The van der Waals surface area contributed by atoms with Crippen LogP contribution in [0.25, 0.3) is 0 Å². The zero-order valence-corrected chi connectivity index (χ0v) is 18.9. The molecule has 172 valence electrons. The van der Waals surface area contributed by atoms with Crippen molar-refractivity contribution in [3.8, 4) is 0 Å². The number of allylic oxidation sites excluding steroid dienone is 2. The maximum Gasteiger partial charge on any atom is 0.345 e. The Morgan fingerprint density at radius 3 is 1.90 bits per heavy atom.